The van der Waals surface area contributed by atoms with E-state index in [1.807, 2.05) is 38.1 Å². The van der Waals surface area contributed by atoms with E-state index in [1.54, 1.807) is 14.2 Å². The molecule has 24 heavy (non-hydrogen) atoms. The highest BCUT2D eigenvalue weighted by atomic mass is 16.5. The minimum Gasteiger partial charge on any atom is -0.489 e. The van der Waals surface area contributed by atoms with Crippen molar-refractivity contribution in [1.82, 2.24) is 16.0 Å². The van der Waals surface area contributed by atoms with Crippen LogP contribution in [0.25, 0.3) is 0 Å². The van der Waals surface area contributed by atoms with E-state index in [0.717, 1.165) is 11.3 Å². The second-order valence-electron chi connectivity index (χ2n) is 5.39. The van der Waals surface area contributed by atoms with E-state index in [2.05, 4.69) is 20.9 Å². The van der Waals surface area contributed by atoms with Crippen LogP contribution in [0.2, 0.25) is 0 Å². The molecule has 0 spiro atoms. The number of rotatable bonds is 9. The maximum absolute atomic E-state index is 11.6. The minimum atomic E-state index is -0.112. The summed E-state index contributed by atoms with van der Waals surface area (Å²) < 4.78 is 10.7. The summed E-state index contributed by atoms with van der Waals surface area (Å²) in [6.07, 6.45) is -0.0409. The third-order valence-corrected chi connectivity index (χ3v) is 3.15. The van der Waals surface area contributed by atoms with Gasteiger partial charge in [0, 0.05) is 20.7 Å². The lowest BCUT2D eigenvalue weighted by molar-refractivity contribution is -0.120. The van der Waals surface area contributed by atoms with Crippen molar-refractivity contribution in [3.8, 4) is 5.75 Å². The van der Waals surface area contributed by atoms with E-state index in [-0.39, 0.29) is 18.6 Å². The Labute approximate surface area is 143 Å². The van der Waals surface area contributed by atoms with Gasteiger partial charge in [-0.05, 0) is 31.5 Å². The monoisotopic (exact) mass is 336 g/mol. The van der Waals surface area contributed by atoms with E-state index in [0.29, 0.717) is 25.7 Å². The molecule has 7 nitrogen and oxygen atoms in total. The molecule has 1 amide bonds. The van der Waals surface area contributed by atoms with Crippen molar-refractivity contribution in [3.05, 3.63) is 29.8 Å². The van der Waals surface area contributed by atoms with Crippen molar-refractivity contribution in [3.63, 3.8) is 0 Å². The molecule has 1 aromatic rings. The summed E-state index contributed by atoms with van der Waals surface area (Å²) in [7, 11) is 3.25. The predicted molar refractivity (Wildman–Crippen MR) is 95.5 cm³/mol. The molecule has 0 aliphatic carbocycles. The maximum atomic E-state index is 11.6. The first-order valence-corrected chi connectivity index (χ1v) is 7.98. The normalized spacial score (nSPS) is 12.4. The van der Waals surface area contributed by atoms with Crippen LogP contribution in [0.4, 0.5) is 0 Å². The van der Waals surface area contributed by atoms with Gasteiger partial charge in [-0.2, -0.15) is 0 Å². The minimum absolute atomic E-state index is 0.0409. The number of nitrogens with zero attached hydrogens (tertiary/aromatic N) is 1. The van der Waals surface area contributed by atoms with Gasteiger partial charge in [-0.3, -0.25) is 9.79 Å². The lowest BCUT2D eigenvalue weighted by Gasteiger charge is -2.18. The van der Waals surface area contributed by atoms with Crippen molar-refractivity contribution in [2.45, 2.75) is 20.0 Å². The summed E-state index contributed by atoms with van der Waals surface area (Å²) in [6.45, 7) is 5.70. The molecule has 134 valence electrons. The second kappa shape index (κ2) is 11.3. The number of aliphatic imine (C=N–C) groups is 1. The summed E-state index contributed by atoms with van der Waals surface area (Å²) >= 11 is 0. The zero-order valence-corrected chi connectivity index (χ0v) is 14.9. The lowest BCUT2D eigenvalue weighted by atomic mass is 10.2. The zero-order chi connectivity index (χ0) is 17.8. The van der Waals surface area contributed by atoms with E-state index in [9.17, 15) is 4.79 Å². The largest absolute Gasteiger partial charge is 0.489 e. The molecule has 0 fully saturated rings. The van der Waals surface area contributed by atoms with Crippen LogP contribution in [0.5, 0.6) is 5.75 Å². The maximum Gasteiger partial charge on any atom is 0.239 e. The number of guanidine groups is 1. The quantitative estimate of drug-likeness (QED) is 0.351. The number of aryl methyl sites for hydroxylation is 1. The van der Waals surface area contributed by atoms with Crippen molar-refractivity contribution in [1.29, 1.82) is 0 Å². The number of carbonyl (C=O) groups is 1. The van der Waals surface area contributed by atoms with Crippen molar-refractivity contribution in [2.24, 2.45) is 4.99 Å². The first-order valence-electron chi connectivity index (χ1n) is 7.98. The molecule has 0 saturated heterocycles. The van der Waals surface area contributed by atoms with Crippen LogP contribution in [-0.2, 0) is 9.53 Å². The predicted octanol–water partition coefficient (Wildman–Crippen LogP) is 0.690. The Morgan fingerprint density at radius 1 is 1.29 bits per heavy atom. The fourth-order valence-corrected chi connectivity index (χ4v) is 1.94. The van der Waals surface area contributed by atoms with Crippen LogP contribution in [0.1, 0.15) is 12.5 Å². The van der Waals surface area contributed by atoms with Gasteiger partial charge in [-0.25, -0.2) is 0 Å². The van der Waals surface area contributed by atoms with Gasteiger partial charge in [0.05, 0.1) is 19.7 Å². The third kappa shape index (κ3) is 8.38. The molecule has 0 saturated carbocycles. The summed E-state index contributed by atoms with van der Waals surface area (Å²) in [5.41, 5.74) is 1.16. The lowest BCUT2D eigenvalue weighted by Crippen LogP contribution is -2.45. The molecule has 0 aliphatic rings. The number of nitrogens with one attached hydrogen (secondary N) is 3. The van der Waals surface area contributed by atoms with E-state index in [4.69, 9.17) is 9.47 Å². The Morgan fingerprint density at radius 2 is 2.08 bits per heavy atom. The van der Waals surface area contributed by atoms with Gasteiger partial charge < -0.3 is 25.4 Å². The van der Waals surface area contributed by atoms with E-state index >= 15 is 0 Å². The fourth-order valence-electron chi connectivity index (χ4n) is 1.94. The number of hydrogen-bond donors (Lipinski definition) is 3. The molecular formula is C17H28N4O3. The highest BCUT2D eigenvalue weighted by Gasteiger charge is 2.07. The molecule has 1 rings (SSSR count). The number of ether oxygens (including phenoxy) is 2. The van der Waals surface area contributed by atoms with E-state index < -0.39 is 0 Å². The Balaban J connectivity index is 2.29. The van der Waals surface area contributed by atoms with Gasteiger partial charge in [0.1, 0.15) is 11.9 Å². The van der Waals surface area contributed by atoms with Crippen LogP contribution in [0.15, 0.2) is 29.3 Å². The fraction of sp³-hybridized carbons (Fsp3) is 0.529. The number of methoxy groups -OCH3 is 1. The van der Waals surface area contributed by atoms with Crippen LogP contribution < -0.4 is 20.7 Å². The summed E-state index contributed by atoms with van der Waals surface area (Å²) in [5.74, 6) is 1.28. The third-order valence-electron chi connectivity index (χ3n) is 3.15. The molecule has 7 heteroatoms. The van der Waals surface area contributed by atoms with Crippen molar-refractivity contribution < 1.29 is 14.3 Å². The summed E-state index contributed by atoms with van der Waals surface area (Å²) in [6, 6.07) is 7.92. The Hall–Kier alpha value is -2.28. The summed E-state index contributed by atoms with van der Waals surface area (Å²) in [4.78, 5) is 15.7. The average molecular weight is 336 g/mol. The first kappa shape index (κ1) is 19.8. The Bertz CT molecular complexity index is 534. The topological polar surface area (TPSA) is 84.0 Å². The smallest absolute Gasteiger partial charge is 0.239 e. The first-order chi connectivity index (χ1) is 11.5. The van der Waals surface area contributed by atoms with Gasteiger partial charge in [0.2, 0.25) is 5.91 Å². The van der Waals surface area contributed by atoms with Gasteiger partial charge in [0.15, 0.2) is 5.96 Å². The summed E-state index contributed by atoms with van der Waals surface area (Å²) in [5, 5.41) is 8.82. The van der Waals surface area contributed by atoms with Crippen LogP contribution in [0, 0.1) is 6.92 Å². The number of benzene rings is 1. The van der Waals surface area contributed by atoms with Gasteiger partial charge in [0.25, 0.3) is 0 Å². The van der Waals surface area contributed by atoms with Crippen LogP contribution in [-0.4, -0.2) is 58.4 Å². The average Bonchev–Trinajstić information content (AvgIpc) is 2.55. The molecule has 0 aliphatic heterocycles. The van der Waals surface area contributed by atoms with E-state index in [1.165, 1.54) is 0 Å². The van der Waals surface area contributed by atoms with Crippen LogP contribution >= 0.6 is 0 Å². The zero-order valence-electron chi connectivity index (χ0n) is 14.9. The van der Waals surface area contributed by atoms with Crippen LogP contribution in [0.3, 0.4) is 0 Å². The molecule has 0 bridgehead atoms. The molecular weight excluding hydrogens is 308 g/mol. The van der Waals surface area contributed by atoms with Gasteiger partial charge in [-0.15, -0.1) is 0 Å². The highest BCUT2D eigenvalue weighted by Crippen LogP contribution is 2.13. The highest BCUT2D eigenvalue weighted by molar-refractivity contribution is 5.86. The molecule has 0 heterocycles. The number of amides is 1. The standard InChI is InChI=1S/C17H28N4O3/c1-13-6-5-7-15(10-13)24-14(2)11-20-17(18-3)21-12-16(22)19-8-9-23-4/h5-7,10,14H,8-9,11-12H2,1-4H3,(H,19,22)(H2,18,20,21). The SMILES string of the molecule is CN=C(NCC(=O)NCCOC)NCC(C)Oc1cccc(C)c1. The van der Waals surface area contributed by atoms with Gasteiger partial charge in [-0.1, -0.05) is 12.1 Å². The molecule has 1 unspecified atom stereocenters. The molecule has 1 aromatic carbocycles. The second-order valence-corrected chi connectivity index (χ2v) is 5.39. The molecule has 3 N–H and O–H groups in total. The number of carbonyl (C=O) groups excluding carboxylic acids is 1. The Kier molecular flexibility index (Phi) is 9.29. The van der Waals surface area contributed by atoms with Gasteiger partial charge >= 0.3 is 0 Å². The van der Waals surface area contributed by atoms with Crippen molar-refractivity contribution in [2.75, 3.05) is 40.4 Å². The molecule has 0 aromatic heterocycles. The van der Waals surface area contributed by atoms with Crippen molar-refractivity contribution >= 4 is 11.9 Å². The Morgan fingerprint density at radius 3 is 2.75 bits per heavy atom. The molecule has 0 radical (unpaired) electrons. The number of hydrogen-bond acceptors (Lipinski definition) is 4. The molecule has 1 atom stereocenters.